The molecule has 8 heteroatoms. The van der Waals surface area contributed by atoms with Crippen LogP contribution in [-0.4, -0.2) is 29.7 Å². The zero-order valence-corrected chi connectivity index (χ0v) is 15.1. The number of methoxy groups -OCH3 is 2. The highest BCUT2D eigenvalue weighted by Crippen LogP contribution is 2.29. The molecular formula is C19H19N3O5. The fraction of sp³-hybridized carbons (Fsp3) is 0.211. The number of benzene rings is 2. The highest BCUT2D eigenvalue weighted by molar-refractivity contribution is 5.95. The molecule has 0 bridgehead atoms. The number of para-hydroxylation sites is 1. The second-order valence-electron chi connectivity index (χ2n) is 5.88. The standard InChI is InChI=1S/C19H19N3O5/c1-11(17(23)20-15-10-12(26-2)8-9-16(15)27-3)22-18(24)13-6-4-5-7-14(13)21-19(22)25/h4-11H,1-3H3,(H,20,23)(H,21,25). The van der Waals surface area contributed by atoms with Crippen LogP contribution in [0.15, 0.2) is 52.1 Å². The van der Waals surface area contributed by atoms with Crippen LogP contribution in [0.5, 0.6) is 11.5 Å². The molecule has 0 aliphatic rings. The summed E-state index contributed by atoms with van der Waals surface area (Å²) < 4.78 is 11.3. The Kier molecular flexibility index (Phi) is 4.98. The number of carbonyl (C=O) groups is 1. The molecule has 140 valence electrons. The minimum atomic E-state index is -1.04. The first kappa shape index (κ1) is 18.2. The summed E-state index contributed by atoms with van der Waals surface area (Å²) in [6.07, 6.45) is 0. The van der Waals surface area contributed by atoms with E-state index in [0.717, 1.165) is 4.57 Å². The third-order valence-corrected chi connectivity index (χ3v) is 4.27. The maximum atomic E-state index is 12.7. The SMILES string of the molecule is COc1ccc(OC)c(NC(=O)C(C)n2c(=O)[nH]c3ccccc3c2=O)c1. The molecule has 1 aromatic heterocycles. The Bertz CT molecular complexity index is 1120. The number of nitrogens with one attached hydrogen (secondary N) is 2. The van der Waals surface area contributed by atoms with Crippen molar-refractivity contribution < 1.29 is 14.3 Å². The number of anilines is 1. The van der Waals surface area contributed by atoms with E-state index in [1.54, 1.807) is 42.5 Å². The van der Waals surface area contributed by atoms with Gasteiger partial charge in [0.25, 0.3) is 5.56 Å². The average molecular weight is 369 g/mol. The van der Waals surface area contributed by atoms with Crippen molar-refractivity contribution in [1.29, 1.82) is 0 Å². The Balaban J connectivity index is 1.99. The molecule has 0 radical (unpaired) electrons. The predicted molar refractivity (Wildman–Crippen MR) is 102 cm³/mol. The second kappa shape index (κ2) is 7.36. The number of hydrogen-bond donors (Lipinski definition) is 2. The fourth-order valence-electron chi connectivity index (χ4n) is 2.79. The highest BCUT2D eigenvalue weighted by atomic mass is 16.5. The van der Waals surface area contributed by atoms with Crippen molar-refractivity contribution in [3.63, 3.8) is 0 Å². The summed E-state index contributed by atoms with van der Waals surface area (Å²) in [5.74, 6) is 0.417. The first-order chi connectivity index (χ1) is 13.0. The summed E-state index contributed by atoms with van der Waals surface area (Å²) in [5, 5.41) is 3.01. The maximum absolute atomic E-state index is 12.7. The van der Waals surface area contributed by atoms with E-state index in [4.69, 9.17) is 9.47 Å². The van der Waals surface area contributed by atoms with Crippen molar-refractivity contribution in [3.05, 3.63) is 63.3 Å². The van der Waals surface area contributed by atoms with Crippen molar-refractivity contribution in [3.8, 4) is 11.5 Å². The minimum Gasteiger partial charge on any atom is -0.497 e. The molecule has 3 aromatic rings. The molecule has 0 aliphatic carbocycles. The minimum absolute atomic E-state index is 0.329. The molecule has 27 heavy (non-hydrogen) atoms. The number of aromatic amines is 1. The zero-order chi connectivity index (χ0) is 19.6. The average Bonchev–Trinajstić information content (AvgIpc) is 2.67. The van der Waals surface area contributed by atoms with E-state index in [2.05, 4.69) is 10.3 Å². The van der Waals surface area contributed by atoms with Gasteiger partial charge >= 0.3 is 5.69 Å². The lowest BCUT2D eigenvalue weighted by Crippen LogP contribution is -2.41. The maximum Gasteiger partial charge on any atom is 0.329 e. The molecule has 2 N–H and O–H groups in total. The Hall–Kier alpha value is -3.55. The Morgan fingerprint density at radius 3 is 2.56 bits per heavy atom. The van der Waals surface area contributed by atoms with E-state index >= 15 is 0 Å². The first-order valence-corrected chi connectivity index (χ1v) is 8.22. The predicted octanol–water partition coefficient (Wildman–Crippen LogP) is 1.91. The van der Waals surface area contributed by atoms with Gasteiger partial charge in [-0.15, -0.1) is 0 Å². The highest BCUT2D eigenvalue weighted by Gasteiger charge is 2.21. The van der Waals surface area contributed by atoms with Gasteiger partial charge in [0.1, 0.15) is 17.5 Å². The van der Waals surface area contributed by atoms with Crippen molar-refractivity contribution >= 4 is 22.5 Å². The molecule has 1 unspecified atom stereocenters. The number of carbonyl (C=O) groups excluding carboxylic acids is 1. The summed E-state index contributed by atoms with van der Waals surface area (Å²) in [5.41, 5.74) is -0.390. The van der Waals surface area contributed by atoms with E-state index < -0.39 is 23.2 Å². The molecular weight excluding hydrogens is 350 g/mol. The van der Waals surface area contributed by atoms with Gasteiger partial charge in [-0.1, -0.05) is 12.1 Å². The summed E-state index contributed by atoms with van der Waals surface area (Å²) in [4.78, 5) is 40.4. The number of H-pyrrole nitrogens is 1. The summed E-state index contributed by atoms with van der Waals surface area (Å²) >= 11 is 0. The smallest absolute Gasteiger partial charge is 0.329 e. The monoisotopic (exact) mass is 369 g/mol. The lowest BCUT2D eigenvalue weighted by atomic mass is 10.2. The molecule has 0 fully saturated rings. The van der Waals surface area contributed by atoms with Crippen LogP contribution >= 0.6 is 0 Å². The van der Waals surface area contributed by atoms with Gasteiger partial charge in [0.05, 0.1) is 30.8 Å². The Morgan fingerprint density at radius 1 is 1.11 bits per heavy atom. The van der Waals surface area contributed by atoms with Crippen molar-refractivity contribution in [1.82, 2.24) is 9.55 Å². The van der Waals surface area contributed by atoms with Crippen molar-refractivity contribution in [2.45, 2.75) is 13.0 Å². The van der Waals surface area contributed by atoms with E-state index in [1.165, 1.54) is 21.1 Å². The van der Waals surface area contributed by atoms with Crippen LogP contribution in [0.25, 0.3) is 10.9 Å². The van der Waals surface area contributed by atoms with Gasteiger partial charge in [0.15, 0.2) is 0 Å². The largest absolute Gasteiger partial charge is 0.497 e. The van der Waals surface area contributed by atoms with Crippen LogP contribution in [0, 0.1) is 0 Å². The molecule has 0 spiro atoms. The summed E-state index contributed by atoms with van der Waals surface area (Å²) in [6, 6.07) is 10.5. The van der Waals surface area contributed by atoms with Crippen LogP contribution in [0.1, 0.15) is 13.0 Å². The van der Waals surface area contributed by atoms with Gasteiger partial charge in [-0.3, -0.25) is 9.59 Å². The van der Waals surface area contributed by atoms with Crippen LogP contribution in [0.4, 0.5) is 5.69 Å². The third kappa shape index (κ3) is 3.41. The van der Waals surface area contributed by atoms with Crippen LogP contribution in [0.2, 0.25) is 0 Å². The first-order valence-electron chi connectivity index (χ1n) is 8.22. The normalized spacial score (nSPS) is 11.8. The number of fused-ring (bicyclic) bond motifs is 1. The molecule has 1 heterocycles. The number of aromatic nitrogens is 2. The molecule has 2 aromatic carbocycles. The van der Waals surface area contributed by atoms with Crippen LogP contribution < -0.4 is 26.0 Å². The van der Waals surface area contributed by atoms with Crippen molar-refractivity contribution in [2.24, 2.45) is 0 Å². The van der Waals surface area contributed by atoms with Crippen LogP contribution in [0.3, 0.4) is 0 Å². The second-order valence-corrected chi connectivity index (χ2v) is 5.88. The Morgan fingerprint density at radius 2 is 1.85 bits per heavy atom. The molecule has 8 nitrogen and oxygen atoms in total. The van der Waals surface area contributed by atoms with Gasteiger partial charge < -0.3 is 19.8 Å². The quantitative estimate of drug-likeness (QED) is 0.715. The van der Waals surface area contributed by atoms with E-state index in [9.17, 15) is 14.4 Å². The van der Waals surface area contributed by atoms with Gasteiger partial charge in [0, 0.05) is 6.07 Å². The number of nitrogens with zero attached hydrogens (tertiary/aromatic N) is 1. The summed E-state index contributed by atoms with van der Waals surface area (Å²) in [6.45, 7) is 1.48. The molecule has 3 rings (SSSR count). The van der Waals surface area contributed by atoms with E-state index in [-0.39, 0.29) is 0 Å². The molecule has 1 atom stereocenters. The summed E-state index contributed by atoms with van der Waals surface area (Å²) in [7, 11) is 2.98. The van der Waals surface area contributed by atoms with Gasteiger partial charge in [-0.05, 0) is 31.2 Å². The third-order valence-electron chi connectivity index (χ3n) is 4.27. The Labute approximate surface area is 154 Å². The zero-order valence-electron chi connectivity index (χ0n) is 15.1. The number of amides is 1. The van der Waals surface area contributed by atoms with Crippen molar-refractivity contribution in [2.75, 3.05) is 19.5 Å². The number of hydrogen-bond acceptors (Lipinski definition) is 5. The van der Waals surface area contributed by atoms with Gasteiger partial charge in [-0.2, -0.15) is 0 Å². The fourth-order valence-corrected chi connectivity index (χ4v) is 2.79. The van der Waals surface area contributed by atoms with E-state index in [0.29, 0.717) is 28.1 Å². The lowest BCUT2D eigenvalue weighted by Gasteiger charge is -2.16. The number of ether oxygens (including phenoxy) is 2. The van der Waals surface area contributed by atoms with Gasteiger partial charge in [-0.25, -0.2) is 9.36 Å². The van der Waals surface area contributed by atoms with Gasteiger partial charge in [0.2, 0.25) is 5.91 Å². The van der Waals surface area contributed by atoms with Crippen LogP contribution in [-0.2, 0) is 4.79 Å². The topological polar surface area (TPSA) is 102 Å². The lowest BCUT2D eigenvalue weighted by molar-refractivity contribution is -0.119. The molecule has 1 amide bonds. The molecule has 0 saturated carbocycles. The van der Waals surface area contributed by atoms with E-state index in [1.807, 2.05) is 0 Å². The molecule has 0 aliphatic heterocycles. The molecule has 0 saturated heterocycles. The number of rotatable bonds is 5.